The Morgan fingerprint density at radius 1 is 1.12 bits per heavy atom. The standard InChI is InChI=1S/C22H21BrN4O4S/c1-31-18-4-2-3-14(9-18)12-24-19(28)10-17-11-20(29)27-22(26-17)32-13-21(30)25-16-7-5-15(23)6-8-16/h2-9,11H,10,12-13H2,1H3,(H,24,28)(H,25,30)(H,26,27,29). The summed E-state index contributed by atoms with van der Waals surface area (Å²) in [5, 5.41) is 5.84. The quantitative estimate of drug-likeness (QED) is 0.297. The first-order valence-electron chi connectivity index (χ1n) is 9.59. The molecule has 0 aliphatic rings. The molecule has 1 aromatic heterocycles. The van der Waals surface area contributed by atoms with E-state index in [4.69, 9.17) is 4.74 Å². The number of rotatable bonds is 9. The minimum absolute atomic E-state index is 0.0491. The highest BCUT2D eigenvalue weighted by molar-refractivity contribution is 9.10. The predicted octanol–water partition coefficient (Wildman–Crippen LogP) is 3.13. The molecule has 10 heteroatoms. The van der Waals surface area contributed by atoms with Crippen molar-refractivity contribution >= 4 is 45.2 Å². The van der Waals surface area contributed by atoms with E-state index in [9.17, 15) is 14.4 Å². The van der Waals surface area contributed by atoms with Crippen LogP contribution in [0.2, 0.25) is 0 Å². The second kappa shape index (κ2) is 11.5. The molecule has 3 aromatic rings. The van der Waals surface area contributed by atoms with Gasteiger partial charge in [0.25, 0.3) is 5.56 Å². The van der Waals surface area contributed by atoms with E-state index >= 15 is 0 Å². The second-order valence-electron chi connectivity index (χ2n) is 6.69. The molecular formula is C22H21BrN4O4S. The first-order valence-corrected chi connectivity index (χ1v) is 11.4. The third-order valence-corrected chi connectivity index (χ3v) is 5.61. The number of aromatic amines is 1. The summed E-state index contributed by atoms with van der Waals surface area (Å²) in [5.41, 5.74) is 1.51. The van der Waals surface area contributed by atoms with E-state index in [2.05, 4.69) is 36.5 Å². The highest BCUT2D eigenvalue weighted by Crippen LogP contribution is 2.16. The van der Waals surface area contributed by atoms with E-state index in [0.29, 0.717) is 23.7 Å². The van der Waals surface area contributed by atoms with Crippen LogP contribution >= 0.6 is 27.7 Å². The highest BCUT2D eigenvalue weighted by atomic mass is 79.9. The Labute approximate surface area is 197 Å². The topological polar surface area (TPSA) is 113 Å². The smallest absolute Gasteiger partial charge is 0.251 e. The van der Waals surface area contributed by atoms with Gasteiger partial charge >= 0.3 is 0 Å². The average molecular weight is 517 g/mol. The van der Waals surface area contributed by atoms with E-state index in [-0.39, 0.29) is 34.7 Å². The maximum atomic E-state index is 12.3. The number of methoxy groups -OCH3 is 1. The van der Waals surface area contributed by atoms with Gasteiger partial charge in [-0.2, -0.15) is 0 Å². The van der Waals surface area contributed by atoms with Crippen molar-refractivity contribution in [3.63, 3.8) is 0 Å². The van der Waals surface area contributed by atoms with Crippen LogP contribution in [-0.4, -0.2) is 34.6 Å². The van der Waals surface area contributed by atoms with Crippen LogP contribution in [0.25, 0.3) is 0 Å². The summed E-state index contributed by atoms with van der Waals surface area (Å²) >= 11 is 4.43. The number of anilines is 1. The third kappa shape index (κ3) is 7.54. The average Bonchev–Trinajstić information content (AvgIpc) is 2.78. The number of carbonyl (C=O) groups is 2. The number of hydrogen-bond donors (Lipinski definition) is 3. The van der Waals surface area contributed by atoms with Crippen molar-refractivity contribution in [1.29, 1.82) is 0 Å². The van der Waals surface area contributed by atoms with Gasteiger partial charge < -0.3 is 20.4 Å². The number of ether oxygens (including phenoxy) is 1. The number of carbonyl (C=O) groups excluding carboxylic acids is 2. The second-order valence-corrected chi connectivity index (χ2v) is 8.57. The van der Waals surface area contributed by atoms with Crippen LogP contribution in [0.3, 0.4) is 0 Å². The molecule has 0 saturated carbocycles. The number of hydrogen-bond acceptors (Lipinski definition) is 6. The maximum absolute atomic E-state index is 12.3. The van der Waals surface area contributed by atoms with Gasteiger partial charge in [-0.25, -0.2) is 4.98 Å². The van der Waals surface area contributed by atoms with Gasteiger partial charge in [-0.05, 0) is 42.0 Å². The molecule has 3 rings (SSSR count). The lowest BCUT2D eigenvalue weighted by molar-refractivity contribution is -0.120. The van der Waals surface area contributed by atoms with Crippen molar-refractivity contribution in [3.8, 4) is 5.75 Å². The zero-order chi connectivity index (χ0) is 22.9. The number of nitrogens with one attached hydrogen (secondary N) is 3. The number of H-pyrrole nitrogens is 1. The number of amides is 2. The molecule has 32 heavy (non-hydrogen) atoms. The summed E-state index contributed by atoms with van der Waals surface area (Å²) in [6.07, 6.45) is -0.0491. The summed E-state index contributed by atoms with van der Waals surface area (Å²) in [6, 6.07) is 15.8. The van der Waals surface area contributed by atoms with Crippen molar-refractivity contribution < 1.29 is 14.3 Å². The van der Waals surface area contributed by atoms with Gasteiger partial charge in [-0.15, -0.1) is 0 Å². The van der Waals surface area contributed by atoms with Crippen molar-refractivity contribution in [2.24, 2.45) is 0 Å². The lowest BCUT2D eigenvalue weighted by Crippen LogP contribution is -2.26. The van der Waals surface area contributed by atoms with Gasteiger partial charge in [0.15, 0.2) is 5.16 Å². The van der Waals surface area contributed by atoms with Crippen LogP contribution in [0.1, 0.15) is 11.3 Å². The van der Waals surface area contributed by atoms with Crippen LogP contribution in [0.4, 0.5) is 5.69 Å². The number of nitrogens with zero attached hydrogens (tertiary/aromatic N) is 1. The molecule has 8 nitrogen and oxygen atoms in total. The molecule has 0 unspecified atom stereocenters. The minimum Gasteiger partial charge on any atom is -0.497 e. The predicted molar refractivity (Wildman–Crippen MR) is 127 cm³/mol. The van der Waals surface area contributed by atoms with E-state index in [1.54, 1.807) is 19.2 Å². The molecule has 0 bridgehead atoms. The first-order chi connectivity index (χ1) is 15.4. The Kier molecular flexibility index (Phi) is 8.46. The molecular weight excluding hydrogens is 496 g/mol. The van der Waals surface area contributed by atoms with Crippen LogP contribution in [-0.2, 0) is 22.6 Å². The van der Waals surface area contributed by atoms with Gasteiger partial charge in [0.05, 0.1) is 25.0 Å². The van der Waals surface area contributed by atoms with E-state index in [1.807, 2.05) is 36.4 Å². The van der Waals surface area contributed by atoms with E-state index < -0.39 is 0 Å². The maximum Gasteiger partial charge on any atom is 0.251 e. The van der Waals surface area contributed by atoms with Crippen LogP contribution in [0.15, 0.2) is 69.0 Å². The Morgan fingerprint density at radius 3 is 2.66 bits per heavy atom. The summed E-state index contributed by atoms with van der Waals surface area (Å²) in [5.74, 6) is 0.264. The summed E-state index contributed by atoms with van der Waals surface area (Å²) in [7, 11) is 1.58. The molecule has 0 fully saturated rings. The van der Waals surface area contributed by atoms with Crippen LogP contribution in [0.5, 0.6) is 5.75 Å². The van der Waals surface area contributed by atoms with Crippen molar-refractivity contribution in [2.75, 3.05) is 18.2 Å². The van der Waals surface area contributed by atoms with E-state index in [1.165, 1.54) is 6.07 Å². The normalized spacial score (nSPS) is 10.4. The zero-order valence-electron chi connectivity index (χ0n) is 17.2. The SMILES string of the molecule is COc1cccc(CNC(=O)Cc2cc(=O)[nH]c(SCC(=O)Nc3ccc(Br)cc3)n2)c1. The number of aromatic nitrogens is 2. The van der Waals surface area contributed by atoms with Crippen molar-refractivity contribution in [1.82, 2.24) is 15.3 Å². The molecule has 2 aromatic carbocycles. The zero-order valence-corrected chi connectivity index (χ0v) is 19.6. The van der Waals surface area contributed by atoms with Gasteiger partial charge in [-0.1, -0.05) is 39.8 Å². The molecule has 0 spiro atoms. The van der Waals surface area contributed by atoms with Crippen LogP contribution in [0, 0.1) is 0 Å². The first kappa shape index (κ1) is 23.6. The molecule has 0 aliphatic carbocycles. The molecule has 0 aliphatic heterocycles. The minimum atomic E-state index is -0.383. The fourth-order valence-corrected chi connectivity index (χ4v) is 3.68. The van der Waals surface area contributed by atoms with Crippen LogP contribution < -0.4 is 20.9 Å². The van der Waals surface area contributed by atoms with Gasteiger partial charge in [0, 0.05) is 22.8 Å². The molecule has 166 valence electrons. The van der Waals surface area contributed by atoms with Crippen molar-refractivity contribution in [3.05, 3.63) is 80.7 Å². The number of thioether (sulfide) groups is 1. The molecule has 2 amide bonds. The molecule has 0 saturated heterocycles. The molecule has 3 N–H and O–H groups in total. The Hall–Kier alpha value is -3.11. The highest BCUT2D eigenvalue weighted by Gasteiger charge is 2.10. The lowest BCUT2D eigenvalue weighted by atomic mass is 10.2. The Balaban J connectivity index is 1.52. The summed E-state index contributed by atoms with van der Waals surface area (Å²) in [4.78, 5) is 43.3. The summed E-state index contributed by atoms with van der Waals surface area (Å²) < 4.78 is 6.08. The fourth-order valence-electron chi connectivity index (χ4n) is 2.72. The lowest BCUT2D eigenvalue weighted by Gasteiger charge is -2.08. The van der Waals surface area contributed by atoms with Gasteiger partial charge in [0.1, 0.15) is 5.75 Å². The largest absolute Gasteiger partial charge is 0.497 e. The molecule has 0 atom stereocenters. The summed E-state index contributed by atoms with van der Waals surface area (Å²) in [6.45, 7) is 0.330. The van der Waals surface area contributed by atoms with E-state index in [0.717, 1.165) is 21.8 Å². The van der Waals surface area contributed by atoms with Gasteiger partial charge in [0.2, 0.25) is 11.8 Å². The monoisotopic (exact) mass is 516 g/mol. The third-order valence-electron chi connectivity index (χ3n) is 4.21. The number of benzene rings is 2. The number of halogens is 1. The Bertz CT molecular complexity index is 1150. The van der Waals surface area contributed by atoms with Gasteiger partial charge in [-0.3, -0.25) is 14.4 Å². The Morgan fingerprint density at radius 2 is 1.91 bits per heavy atom. The molecule has 1 heterocycles. The van der Waals surface area contributed by atoms with Crippen molar-refractivity contribution in [2.45, 2.75) is 18.1 Å². The fraction of sp³-hybridized carbons (Fsp3) is 0.182. The molecule has 0 radical (unpaired) electrons.